The summed E-state index contributed by atoms with van der Waals surface area (Å²) in [6.45, 7) is 3.78. The molecule has 0 saturated carbocycles. The number of benzene rings is 1. The maximum atomic E-state index is 13.1. The maximum Gasteiger partial charge on any atom is 0.310 e. The van der Waals surface area contributed by atoms with Crippen molar-refractivity contribution in [2.75, 3.05) is 4.90 Å². The van der Waals surface area contributed by atoms with Gasteiger partial charge in [0.2, 0.25) is 5.91 Å². The van der Waals surface area contributed by atoms with Crippen LogP contribution in [-0.2, 0) is 14.3 Å². The molecule has 4 rings (SSSR count). The van der Waals surface area contributed by atoms with Gasteiger partial charge < -0.3 is 14.7 Å². The van der Waals surface area contributed by atoms with Gasteiger partial charge >= 0.3 is 5.97 Å². The van der Waals surface area contributed by atoms with Crippen molar-refractivity contribution in [2.45, 2.75) is 24.2 Å². The highest BCUT2D eigenvalue weighted by molar-refractivity contribution is 6.30. The summed E-state index contributed by atoms with van der Waals surface area (Å²) in [4.78, 5) is 26.5. The van der Waals surface area contributed by atoms with Gasteiger partial charge in [0, 0.05) is 10.7 Å². The molecule has 1 N–H and O–H groups in total. The molecule has 0 aromatic heterocycles. The summed E-state index contributed by atoms with van der Waals surface area (Å²) in [5, 5.41) is 10.2. The minimum atomic E-state index is -1.00. The van der Waals surface area contributed by atoms with Crippen molar-refractivity contribution in [3.05, 3.63) is 54.1 Å². The van der Waals surface area contributed by atoms with Gasteiger partial charge in [-0.25, -0.2) is 0 Å². The van der Waals surface area contributed by atoms with Crippen molar-refractivity contribution in [1.29, 1.82) is 0 Å². The lowest BCUT2D eigenvalue weighted by Crippen LogP contribution is -2.45. The number of fused-ring (bicyclic) bond motifs is 1. The standard InChI is InChI=1S/C18H16ClNO4/c1-2-3-13-18-9-8-12(24-18)14(17(22)23)15(18)16(21)20(13)11-6-4-10(19)5-7-11/h2,4-9,12-15H,1,3H2,(H,22,23)/t12-,13-,14-,15+,18+/m0/s1. The minimum absolute atomic E-state index is 0.219. The van der Waals surface area contributed by atoms with Crippen molar-refractivity contribution in [1.82, 2.24) is 0 Å². The molecule has 3 aliphatic heterocycles. The van der Waals surface area contributed by atoms with Crippen molar-refractivity contribution in [3.63, 3.8) is 0 Å². The van der Waals surface area contributed by atoms with Crippen LogP contribution in [0, 0.1) is 11.8 Å². The molecule has 1 spiro atoms. The van der Waals surface area contributed by atoms with Crippen LogP contribution in [0.5, 0.6) is 0 Å². The van der Waals surface area contributed by atoms with Crippen molar-refractivity contribution in [2.24, 2.45) is 11.8 Å². The van der Waals surface area contributed by atoms with Gasteiger partial charge in [-0.15, -0.1) is 6.58 Å². The molecule has 1 amide bonds. The highest BCUT2D eigenvalue weighted by Crippen LogP contribution is 2.56. The van der Waals surface area contributed by atoms with E-state index in [1.165, 1.54) is 0 Å². The molecular weight excluding hydrogens is 330 g/mol. The molecule has 3 heterocycles. The first-order chi connectivity index (χ1) is 11.5. The third kappa shape index (κ3) is 1.85. The molecule has 5 nitrogen and oxygen atoms in total. The predicted octanol–water partition coefficient (Wildman–Crippen LogP) is 2.66. The Balaban J connectivity index is 1.83. The fraction of sp³-hybridized carbons (Fsp3) is 0.333. The predicted molar refractivity (Wildman–Crippen MR) is 88.9 cm³/mol. The number of halogens is 1. The summed E-state index contributed by atoms with van der Waals surface area (Å²) in [7, 11) is 0. The van der Waals surface area contributed by atoms with E-state index in [-0.39, 0.29) is 11.9 Å². The van der Waals surface area contributed by atoms with Crippen LogP contribution >= 0.6 is 11.6 Å². The number of nitrogens with zero attached hydrogens (tertiary/aromatic N) is 1. The first-order valence-corrected chi connectivity index (χ1v) is 8.17. The van der Waals surface area contributed by atoms with Crippen molar-refractivity contribution >= 4 is 29.2 Å². The van der Waals surface area contributed by atoms with Crippen molar-refractivity contribution < 1.29 is 19.4 Å². The van der Waals surface area contributed by atoms with Crippen LogP contribution in [0.4, 0.5) is 5.69 Å². The normalized spacial score (nSPS) is 36.2. The molecule has 2 bridgehead atoms. The number of carbonyl (C=O) groups is 2. The molecule has 6 heteroatoms. The monoisotopic (exact) mass is 345 g/mol. The second-order valence-corrected chi connectivity index (χ2v) is 6.80. The average molecular weight is 346 g/mol. The maximum absolute atomic E-state index is 13.1. The first-order valence-electron chi connectivity index (χ1n) is 7.79. The second kappa shape index (κ2) is 5.19. The van der Waals surface area contributed by atoms with Gasteiger partial charge in [0.05, 0.1) is 18.1 Å². The van der Waals surface area contributed by atoms with Gasteiger partial charge in [-0.3, -0.25) is 9.59 Å². The van der Waals surface area contributed by atoms with Gasteiger partial charge in [0.25, 0.3) is 0 Å². The summed E-state index contributed by atoms with van der Waals surface area (Å²) in [6, 6.07) is 6.63. The van der Waals surface area contributed by atoms with Gasteiger partial charge in [-0.1, -0.05) is 29.8 Å². The Morgan fingerprint density at radius 1 is 1.42 bits per heavy atom. The van der Waals surface area contributed by atoms with E-state index in [0.717, 1.165) is 0 Å². The van der Waals surface area contributed by atoms with Gasteiger partial charge in [-0.2, -0.15) is 0 Å². The van der Waals surface area contributed by atoms with Crippen LogP contribution in [0.15, 0.2) is 49.1 Å². The van der Waals surface area contributed by atoms with Gasteiger partial charge in [-0.05, 0) is 30.7 Å². The molecule has 0 aliphatic carbocycles. The highest BCUT2D eigenvalue weighted by atomic mass is 35.5. The SMILES string of the molecule is C=CC[C@@H]1N(c2ccc(Cl)cc2)C(=O)[C@H]2[C@@H](C(=O)O)[C@@H]3C=C[C@@]12O3. The molecule has 3 aliphatic rings. The smallest absolute Gasteiger partial charge is 0.310 e. The van der Waals surface area contributed by atoms with Crippen molar-refractivity contribution in [3.8, 4) is 0 Å². The van der Waals surface area contributed by atoms with Crippen LogP contribution in [0.2, 0.25) is 5.02 Å². The zero-order chi connectivity index (χ0) is 17.1. The van der Waals surface area contributed by atoms with Gasteiger partial charge in [0.1, 0.15) is 11.5 Å². The molecule has 0 radical (unpaired) electrons. The number of ether oxygens (including phenoxy) is 1. The summed E-state index contributed by atoms with van der Waals surface area (Å²) >= 11 is 5.94. The fourth-order valence-corrected chi connectivity index (χ4v) is 4.41. The molecule has 24 heavy (non-hydrogen) atoms. The Kier molecular flexibility index (Phi) is 3.34. The molecule has 2 saturated heterocycles. The fourth-order valence-electron chi connectivity index (χ4n) is 4.29. The molecule has 1 aromatic carbocycles. The number of carboxylic acid groups (broad SMARTS) is 1. The molecular formula is C18H16ClNO4. The number of carboxylic acids is 1. The third-order valence-corrected chi connectivity index (χ3v) is 5.45. The van der Waals surface area contributed by atoms with Gasteiger partial charge in [0.15, 0.2) is 0 Å². The molecule has 0 unspecified atom stereocenters. The Morgan fingerprint density at radius 2 is 2.12 bits per heavy atom. The van der Waals surface area contributed by atoms with E-state index in [2.05, 4.69) is 6.58 Å². The van der Waals surface area contributed by atoms with Crippen LogP contribution in [0.3, 0.4) is 0 Å². The lowest BCUT2D eigenvalue weighted by Gasteiger charge is -2.32. The molecule has 124 valence electrons. The Morgan fingerprint density at radius 3 is 2.75 bits per heavy atom. The lowest BCUT2D eigenvalue weighted by atomic mass is 9.74. The van der Waals surface area contributed by atoms with E-state index in [9.17, 15) is 14.7 Å². The molecule has 5 atom stereocenters. The minimum Gasteiger partial charge on any atom is -0.481 e. The Labute approximate surface area is 144 Å². The number of carbonyl (C=O) groups excluding carboxylic acids is 1. The number of hydrogen-bond donors (Lipinski definition) is 1. The second-order valence-electron chi connectivity index (χ2n) is 6.36. The lowest BCUT2D eigenvalue weighted by molar-refractivity contribution is -0.146. The quantitative estimate of drug-likeness (QED) is 0.852. The Hall–Kier alpha value is -2.11. The van der Waals surface area contributed by atoms with E-state index in [0.29, 0.717) is 17.1 Å². The number of aliphatic carboxylic acids is 1. The average Bonchev–Trinajstić information content (AvgIpc) is 3.18. The first kappa shape index (κ1) is 15.4. The topological polar surface area (TPSA) is 66.8 Å². The summed E-state index contributed by atoms with van der Waals surface area (Å²) in [5.41, 5.74) is -0.219. The van der Waals surface area contributed by atoms with Crippen LogP contribution < -0.4 is 4.90 Å². The Bertz CT molecular complexity index is 759. The zero-order valence-electron chi connectivity index (χ0n) is 12.8. The van der Waals surface area contributed by atoms with Crippen LogP contribution in [0.1, 0.15) is 6.42 Å². The van der Waals surface area contributed by atoms with E-state index in [1.807, 2.05) is 6.08 Å². The zero-order valence-corrected chi connectivity index (χ0v) is 13.5. The summed E-state index contributed by atoms with van der Waals surface area (Å²) in [5.74, 6) is -2.79. The number of amides is 1. The largest absolute Gasteiger partial charge is 0.481 e. The molecule has 1 aromatic rings. The molecule has 2 fully saturated rings. The van der Waals surface area contributed by atoms with E-state index < -0.39 is 29.5 Å². The third-order valence-electron chi connectivity index (χ3n) is 5.20. The number of hydrogen-bond acceptors (Lipinski definition) is 3. The van der Waals surface area contributed by atoms with E-state index in [4.69, 9.17) is 16.3 Å². The van der Waals surface area contributed by atoms with Crippen LogP contribution in [-0.4, -0.2) is 34.7 Å². The summed E-state index contributed by atoms with van der Waals surface area (Å²) < 4.78 is 6.04. The number of rotatable bonds is 4. The van der Waals surface area contributed by atoms with Crippen LogP contribution in [0.25, 0.3) is 0 Å². The summed E-state index contributed by atoms with van der Waals surface area (Å²) in [6.07, 6.45) is 5.33. The van der Waals surface area contributed by atoms with E-state index >= 15 is 0 Å². The highest BCUT2D eigenvalue weighted by Gasteiger charge is 2.71. The number of anilines is 1. The van der Waals surface area contributed by atoms with E-state index in [1.54, 1.807) is 41.3 Å².